The molecule has 0 aliphatic heterocycles. The molecular formula is C23H25ClN4O3S. The second-order valence-corrected chi connectivity index (χ2v) is 8.24. The third-order valence-electron chi connectivity index (χ3n) is 4.70. The number of amides is 1. The van der Waals surface area contributed by atoms with E-state index in [2.05, 4.69) is 5.16 Å². The van der Waals surface area contributed by atoms with Crippen LogP contribution in [-0.2, 0) is 0 Å². The molecule has 0 N–H and O–H groups in total. The van der Waals surface area contributed by atoms with Crippen molar-refractivity contribution in [2.45, 2.75) is 6.92 Å². The van der Waals surface area contributed by atoms with Crippen molar-refractivity contribution in [3.63, 3.8) is 0 Å². The number of carbonyl (C=O) groups excluding carboxylic acids is 1. The number of hydrogen-bond acceptors (Lipinski definition) is 7. The summed E-state index contributed by atoms with van der Waals surface area (Å²) in [5, 5.41) is 4.65. The van der Waals surface area contributed by atoms with E-state index in [1.54, 1.807) is 11.0 Å². The summed E-state index contributed by atoms with van der Waals surface area (Å²) in [5.74, 6) is 1.03. The quantitative estimate of drug-likeness (QED) is 0.360. The number of fused-ring (bicyclic) bond motifs is 1. The fourth-order valence-electron chi connectivity index (χ4n) is 3.14. The molecule has 1 amide bonds. The van der Waals surface area contributed by atoms with Crippen LogP contribution in [0.25, 0.3) is 21.5 Å². The largest absolute Gasteiger partial charge is 0.492 e. The summed E-state index contributed by atoms with van der Waals surface area (Å²) in [7, 11) is 3.94. The normalized spacial score (nSPS) is 10.9. The van der Waals surface area contributed by atoms with Crippen molar-refractivity contribution in [1.82, 2.24) is 15.0 Å². The van der Waals surface area contributed by atoms with Crippen LogP contribution in [-0.4, -0.2) is 54.7 Å². The number of carbonyl (C=O) groups is 1. The zero-order valence-electron chi connectivity index (χ0n) is 18.1. The lowest BCUT2D eigenvalue weighted by Gasteiger charge is -2.20. The summed E-state index contributed by atoms with van der Waals surface area (Å²) in [4.78, 5) is 21.8. The van der Waals surface area contributed by atoms with Crippen LogP contribution in [0.1, 0.15) is 17.4 Å². The molecule has 2 aromatic carbocycles. The molecule has 0 bridgehead atoms. The Kier molecular flexibility index (Phi) is 7.84. The summed E-state index contributed by atoms with van der Waals surface area (Å²) in [6.45, 7) is 3.65. The van der Waals surface area contributed by atoms with E-state index in [9.17, 15) is 4.79 Å². The van der Waals surface area contributed by atoms with Gasteiger partial charge in [0, 0.05) is 24.7 Å². The summed E-state index contributed by atoms with van der Waals surface area (Å²) in [6, 6.07) is 17.1. The van der Waals surface area contributed by atoms with Gasteiger partial charge in [-0.15, -0.1) is 12.4 Å². The van der Waals surface area contributed by atoms with Crippen molar-refractivity contribution in [1.29, 1.82) is 0 Å². The Morgan fingerprint density at radius 1 is 1.09 bits per heavy atom. The van der Waals surface area contributed by atoms with Crippen LogP contribution < -0.4 is 9.64 Å². The summed E-state index contributed by atoms with van der Waals surface area (Å²) in [5.41, 5.74) is 1.88. The minimum Gasteiger partial charge on any atom is -0.492 e. The second kappa shape index (κ2) is 10.6. The molecule has 0 atom stereocenters. The summed E-state index contributed by atoms with van der Waals surface area (Å²) < 4.78 is 12.1. The smallest absolute Gasteiger partial charge is 0.282 e. The first-order valence-electron chi connectivity index (χ1n) is 10.1. The molecule has 0 aliphatic carbocycles. The van der Waals surface area contributed by atoms with E-state index in [0.29, 0.717) is 30.6 Å². The van der Waals surface area contributed by atoms with Crippen LogP contribution in [0, 0.1) is 0 Å². The maximum absolute atomic E-state index is 13.4. The Morgan fingerprint density at radius 2 is 1.88 bits per heavy atom. The lowest BCUT2D eigenvalue weighted by molar-refractivity contribution is 0.0976. The number of ether oxygens (including phenoxy) is 1. The molecule has 7 nitrogen and oxygen atoms in total. The summed E-state index contributed by atoms with van der Waals surface area (Å²) in [6.07, 6.45) is 0. The van der Waals surface area contributed by atoms with Gasteiger partial charge in [-0.05, 0) is 33.2 Å². The first-order chi connectivity index (χ1) is 15.1. The highest BCUT2D eigenvalue weighted by atomic mass is 35.5. The van der Waals surface area contributed by atoms with Gasteiger partial charge in [-0.3, -0.25) is 9.69 Å². The van der Waals surface area contributed by atoms with E-state index in [4.69, 9.17) is 14.2 Å². The van der Waals surface area contributed by atoms with Gasteiger partial charge in [0.2, 0.25) is 0 Å². The zero-order valence-corrected chi connectivity index (χ0v) is 19.8. The van der Waals surface area contributed by atoms with Crippen LogP contribution in [0.2, 0.25) is 0 Å². The molecular weight excluding hydrogens is 448 g/mol. The van der Waals surface area contributed by atoms with Crippen LogP contribution in [0.15, 0.2) is 59.1 Å². The molecule has 2 heterocycles. The van der Waals surface area contributed by atoms with E-state index in [1.165, 1.54) is 11.3 Å². The number of hydrogen-bond donors (Lipinski definition) is 0. The van der Waals surface area contributed by atoms with Crippen molar-refractivity contribution in [2.75, 3.05) is 38.7 Å². The van der Waals surface area contributed by atoms with Crippen LogP contribution in [0.5, 0.6) is 5.75 Å². The molecule has 32 heavy (non-hydrogen) atoms. The van der Waals surface area contributed by atoms with Gasteiger partial charge in [-0.2, -0.15) is 0 Å². The number of thiazole rings is 1. The van der Waals surface area contributed by atoms with Crippen molar-refractivity contribution < 1.29 is 14.1 Å². The van der Waals surface area contributed by atoms with Crippen molar-refractivity contribution >= 4 is 45.0 Å². The topological polar surface area (TPSA) is 71.7 Å². The van der Waals surface area contributed by atoms with Crippen LogP contribution >= 0.6 is 23.7 Å². The average Bonchev–Trinajstić information content (AvgIpc) is 3.42. The monoisotopic (exact) mass is 472 g/mol. The SMILES string of the molecule is CCOc1cccc2sc(N(CCN(C)C)C(=O)c3cc(-c4ccccc4)on3)nc12.Cl. The number of benzene rings is 2. The highest BCUT2D eigenvalue weighted by molar-refractivity contribution is 7.22. The van der Waals surface area contributed by atoms with Gasteiger partial charge < -0.3 is 14.2 Å². The standard InChI is InChI=1S/C23H24N4O3S.ClH/c1-4-29-18-11-8-12-20-21(18)24-23(31-20)27(14-13-26(2)3)22(28)17-15-19(30-25-17)16-9-6-5-7-10-16;/h5-12,15H,4,13-14H2,1-3H3;1H. The van der Waals surface area contributed by atoms with Crippen molar-refractivity contribution in [3.05, 3.63) is 60.3 Å². The van der Waals surface area contributed by atoms with Gasteiger partial charge in [0.1, 0.15) is 11.3 Å². The van der Waals surface area contributed by atoms with Gasteiger partial charge in [-0.25, -0.2) is 4.98 Å². The Morgan fingerprint density at radius 3 is 2.59 bits per heavy atom. The van der Waals surface area contributed by atoms with Gasteiger partial charge >= 0.3 is 0 Å². The Bertz CT molecular complexity index is 1180. The van der Waals surface area contributed by atoms with E-state index in [0.717, 1.165) is 21.5 Å². The highest BCUT2D eigenvalue weighted by Crippen LogP contribution is 2.35. The molecule has 0 unspecified atom stereocenters. The number of rotatable bonds is 8. The predicted molar refractivity (Wildman–Crippen MR) is 130 cm³/mol. The first-order valence-corrected chi connectivity index (χ1v) is 10.9. The van der Waals surface area contributed by atoms with E-state index in [-0.39, 0.29) is 24.0 Å². The van der Waals surface area contributed by atoms with E-state index in [1.807, 2.05) is 74.4 Å². The minimum absolute atomic E-state index is 0. The molecule has 0 radical (unpaired) electrons. The maximum Gasteiger partial charge on any atom is 0.282 e. The number of nitrogens with zero attached hydrogens (tertiary/aromatic N) is 4. The fourth-order valence-corrected chi connectivity index (χ4v) is 4.14. The fraction of sp³-hybridized carbons (Fsp3) is 0.261. The molecule has 0 fully saturated rings. The van der Waals surface area contributed by atoms with Crippen molar-refractivity contribution in [3.8, 4) is 17.1 Å². The first kappa shape index (κ1) is 23.7. The lowest BCUT2D eigenvalue weighted by atomic mass is 10.1. The van der Waals surface area contributed by atoms with Gasteiger partial charge in [0.15, 0.2) is 16.6 Å². The number of anilines is 1. The third-order valence-corrected chi connectivity index (χ3v) is 5.75. The number of aromatic nitrogens is 2. The minimum atomic E-state index is -0.246. The average molecular weight is 473 g/mol. The van der Waals surface area contributed by atoms with E-state index < -0.39 is 0 Å². The van der Waals surface area contributed by atoms with Crippen molar-refractivity contribution in [2.24, 2.45) is 0 Å². The molecule has 4 rings (SSSR count). The summed E-state index contributed by atoms with van der Waals surface area (Å²) >= 11 is 1.46. The number of para-hydroxylation sites is 1. The number of likely N-dealkylation sites (N-methyl/N-ethyl adjacent to an activating group) is 1. The van der Waals surface area contributed by atoms with Crippen LogP contribution in [0.4, 0.5) is 5.13 Å². The molecule has 0 spiro atoms. The molecule has 0 aliphatic rings. The molecule has 168 valence electrons. The molecule has 0 saturated heterocycles. The molecule has 0 saturated carbocycles. The highest BCUT2D eigenvalue weighted by Gasteiger charge is 2.25. The Hall–Kier alpha value is -2.94. The van der Waals surface area contributed by atoms with E-state index >= 15 is 0 Å². The zero-order chi connectivity index (χ0) is 21.8. The molecule has 2 aromatic heterocycles. The van der Waals surface area contributed by atoms with Gasteiger partial charge in [-0.1, -0.05) is 52.9 Å². The third kappa shape index (κ3) is 5.09. The van der Waals surface area contributed by atoms with Gasteiger partial charge in [0.05, 0.1) is 11.3 Å². The molecule has 9 heteroatoms. The predicted octanol–water partition coefficient (Wildman–Crippen LogP) is 4.98. The Labute approximate surface area is 197 Å². The Balaban J connectivity index is 0.00000289. The lowest BCUT2D eigenvalue weighted by Crippen LogP contribution is -2.36. The molecule has 4 aromatic rings. The van der Waals surface area contributed by atoms with Gasteiger partial charge in [0.25, 0.3) is 5.91 Å². The maximum atomic E-state index is 13.4. The van der Waals surface area contributed by atoms with Crippen LogP contribution in [0.3, 0.4) is 0 Å². The number of halogens is 1. The second-order valence-electron chi connectivity index (χ2n) is 7.23.